The molecule has 23 heavy (non-hydrogen) atoms. The van der Waals surface area contributed by atoms with Crippen molar-refractivity contribution in [2.45, 2.75) is 25.6 Å². The van der Waals surface area contributed by atoms with Gasteiger partial charge in [-0.1, -0.05) is 15.9 Å². The van der Waals surface area contributed by atoms with Crippen LogP contribution in [0.15, 0.2) is 22.7 Å². The lowest BCUT2D eigenvalue weighted by molar-refractivity contribution is -0.138. The maximum atomic E-state index is 13.2. The Morgan fingerprint density at radius 3 is 2.22 bits per heavy atom. The molecule has 0 bridgehead atoms. The molecule has 1 amide bonds. The van der Waals surface area contributed by atoms with Crippen LogP contribution in [-0.4, -0.2) is 42.5 Å². The topological polar surface area (TPSA) is 49.6 Å². The molecule has 0 saturated carbocycles. The van der Waals surface area contributed by atoms with Gasteiger partial charge in [-0.2, -0.15) is 13.2 Å². The summed E-state index contributed by atoms with van der Waals surface area (Å²) in [5.74, 6) is -0.191. The lowest BCUT2D eigenvalue weighted by atomic mass is 10.0. The fourth-order valence-corrected chi connectivity index (χ4v) is 2.93. The zero-order valence-corrected chi connectivity index (χ0v) is 14.5. The highest BCUT2D eigenvalue weighted by atomic mass is 79.9. The summed E-state index contributed by atoms with van der Waals surface area (Å²) in [5.41, 5.74) is 4.28. The summed E-state index contributed by atoms with van der Waals surface area (Å²) in [4.78, 5) is 15.4. The number of carbonyl (C=O) groups is 1. The molecule has 2 N–H and O–H groups in total. The molecule has 0 aliphatic carbocycles. The Balaban J connectivity index is 2.17. The number of hydrogen-bond acceptors (Lipinski definition) is 3. The van der Waals surface area contributed by atoms with Crippen LogP contribution in [0.2, 0.25) is 0 Å². The van der Waals surface area contributed by atoms with Crippen molar-refractivity contribution in [2.75, 3.05) is 31.1 Å². The molecule has 1 aromatic carbocycles. The molecule has 128 valence electrons. The molecular formula is C15H19BrF3N3O. The van der Waals surface area contributed by atoms with E-state index in [-0.39, 0.29) is 11.6 Å². The van der Waals surface area contributed by atoms with Gasteiger partial charge in [0.05, 0.1) is 11.1 Å². The van der Waals surface area contributed by atoms with Crippen molar-refractivity contribution in [3.05, 3.63) is 28.2 Å². The van der Waals surface area contributed by atoms with E-state index in [1.165, 1.54) is 6.07 Å². The van der Waals surface area contributed by atoms with Crippen LogP contribution in [0.5, 0.6) is 0 Å². The largest absolute Gasteiger partial charge is 0.418 e. The summed E-state index contributed by atoms with van der Waals surface area (Å²) in [7, 11) is 0. The monoisotopic (exact) mass is 393 g/mol. The number of alkyl halides is 3. The van der Waals surface area contributed by atoms with Crippen molar-refractivity contribution in [3.8, 4) is 0 Å². The average Bonchev–Trinajstić information content (AvgIpc) is 2.45. The standard InChI is InChI=1S/C15H19BrF3N3O/c1-14(2,20)13(23)22-7-5-21(6-8-22)12-4-3-10(16)9-11(12)15(17,18)19/h3-4,9H,5-8,20H2,1-2H3. The van der Waals surface area contributed by atoms with E-state index in [2.05, 4.69) is 15.9 Å². The van der Waals surface area contributed by atoms with E-state index in [4.69, 9.17) is 5.73 Å². The van der Waals surface area contributed by atoms with Crippen LogP contribution in [0.25, 0.3) is 0 Å². The third-order valence-corrected chi connectivity index (χ3v) is 4.22. The Bertz CT molecular complexity index is 591. The Hall–Kier alpha value is -1.28. The minimum Gasteiger partial charge on any atom is -0.367 e. The van der Waals surface area contributed by atoms with E-state index < -0.39 is 17.3 Å². The third-order valence-electron chi connectivity index (χ3n) is 3.72. The first-order valence-corrected chi connectivity index (χ1v) is 7.99. The van der Waals surface area contributed by atoms with Gasteiger partial charge in [-0.05, 0) is 32.0 Å². The second-order valence-electron chi connectivity index (χ2n) is 6.16. The molecule has 1 heterocycles. The summed E-state index contributed by atoms with van der Waals surface area (Å²) in [5, 5.41) is 0. The number of benzene rings is 1. The van der Waals surface area contributed by atoms with Crippen LogP contribution in [0.1, 0.15) is 19.4 Å². The quantitative estimate of drug-likeness (QED) is 0.840. The van der Waals surface area contributed by atoms with Crippen LogP contribution < -0.4 is 10.6 Å². The normalized spacial score (nSPS) is 16.7. The van der Waals surface area contributed by atoms with Crippen LogP contribution in [0.3, 0.4) is 0 Å². The van der Waals surface area contributed by atoms with Gasteiger partial charge in [0.1, 0.15) is 0 Å². The van der Waals surface area contributed by atoms with E-state index in [1.54, 1.807) is 29.7 Å². The summed E-state index contributed by atoms with van der Waals surface area (Å²) in [6.45, 7) is 4.63. The van der Waals surface area contributed by atoms with E-state index in [0.717, 1.165) is 6.07 Å². The lowest BCUT2D eigenvalue weighted by Gasteiger charge is -2.39. The number of anilines is 1. The number of rotatable bonds is 2. The van der Waals surface area contributed by atoms with Gasteiger partial charge in [0.15, 0.2) is 0 Å². The second-order valence-corrected chi connectivity index (χ2v) is 7.08. The molecule has 0 aromatic heterocycles. The molecule has 2 rings (SSSR count). The zero-order chi connectivity index (χ0) is 17.4. The molecule has 1 aromatic rings. The molecule has 4 nitrogen and oxygen atoms in total. The first kappa shape index (κ1) is 18.1. The van der Waals surface area contributed by atoms with E-state index in [9.17, 15) is 18.0 Å². The van der Waals surface area contributed by atoms with Crippen molar-refractivity contribution in [2.24, 2.45) is 5.73 Å². The summed E-state index contributed by atoms with van der Waals surface area (Å²) in [6.07, 6.45) is -4.43. The summed E-state index contributed by atoms with van der Waals surface area (Å²) < 4.78 is 40.0. The minimum absolute atomic E-state index is 0.139. The van der Waals surface area contributed by atoms with Crippen molar-refractivity contribution in [1.82, 2.24) is 4.90 Å². The smallest absolute Gasteiger partial charge is 0.367 e. The Morgan fingerprint density at radius 1 is 1.17 bits per heavy atom. The second kappa shape index (κ2) is 6.32. The highest BCUT2D eigenvalue weighted by Crippen LogP contribution is 2.38. The van der Waals surface area contributed by atoms with Gasteiger partial charge in [-0.15, -0.1) is 0 Å². The molecule has 0 spiro atoms. The van der Waals surface area contributed by atoms with Crippen LogP contribution in [0, 0.1) is 0 Å². The maximum absolute atomic E-state index is 13.2. The Labute approximate surface area is 141 Å². The number of hydrogen-bond donors (Lipinski definition) is 1. The van der Waals surface area contributed by atoms with Gasteiger partial charge >= 0.3 is 6.18 Å². The number of nitrogens with two attached hydrogens (primary N) is 1. The maximum Gasteiger partial charge on any atom is 0.418 e. The van der Waals surface area contributed by atoms with E-state index >= 15 is 0 Å². The van der Waals surface area contributed by atoms with Crippen molar-refractivity contribution in [1.29, 1.82) is 0 Å². The highest BCUT2D eigenvalue weighted by Gasteiger charge is 2.36. The Morgan fingerprint density at radius 2 is 1.74 bits per heavy atom. The zero-order valence-electron chi connectivity index (χ0n) is 13.0. The predicted molar refractivity (Wildman–Crippen MR) is 86.2 cm³/mol. The molecule has 0 unspecified atom stereocenters. The summed E-state index contributed by atoms with van der Waals surface area (Å²) in [6, 6.07) is 4.12. The molecule has 8 heteroatoms. The van der Waals surface area contributed by atoms with Crippen LogP contribution in [0.4, 0.5) is 18.9 Å². The fourth-order valence-electron chi connectivity index (χ4n) is 2.57. The van der Waals surface area contributed by atoms with Gasteiger partial charge in [-0.3, -0.25) is 4.79 Å². The summed E-state index contributed by atoms with van der Waals surface area (Å²) >= 11 is 3.08. The van der Waals surface area contributed by atoms with Crippen molar-refractivity contribution >= 4 is 27.5 Å². The van der Waals surface area contributed by atoms with Crippen molar-refractivity contribution in [3.63, 3.8) is 0 Å². The highest BCUT2D eigenvalue weighted by molar-refractivity contribution is 9.10. The first-order valence-electron chi connectivity index (χ1n) is 7.20. The van der Waals surface area contributed by atoms with Gasteiger partial charge in [0.2, 0.25) is 5.91 Å². The molecule has 1 aliphatic rings. The minimum atomic E-state index is -4.43. The predicted octanol–water partition coefficient (Wildman–Crippen LogP) is 2.85. The number of amides is 1. The molecule has 0 radical (unpaired) electrons. The third kappa shape index (κ3) is 4.17. The van der Waals surface area contributed by atoms with Crippen molar-refractivity contribution < 1.29 is 18.0 Å². The number of nitrogens with zero attached hydrogens (tertiary/aromatic N) is 2. The van der Waals surface area contributed by atoms with E-state index in [1.807, 2.05) is 0 Å². The molecule has 1 aliphatic heterocycles. The Kier molecular flexibility index (Phi) is 4.96. The number of piperazine rings is 1. The van der Waals surface area contributed by atoms with Gasteiger partial charge < -0.3 is 15.5 Å². The lowest BCUT2D eigenvalue weighted by Crippen LogP contribution is -2.57. The van der Waals surface area contributed by atoms with Crippen LogP contribution in [-0.2, 0) is 11.0 Å². The molecular weight excluding hydrogens is 375 g/mol. The van der Waals surface area contributed by atoms with E-state index in [0.29, 0.717) is 30.7 Å². The van der Waals surface area contributed by atoms with Crippen LogP contribution >= 0.6 is 15.9 Å². The SMILES string of the molecule is CC(C)(N)C(=O)N1CCN(c2ccc(Br)cc2C(F)(F)F)CC1. The van der Waals surface area contributed by atoms with Gasteiger partial charge in [0, 0.05) is 36.3 Å². The fraction of sp³-hybridized carbons (Fsp3) is 0.533. The number of carbonyl (C=O) groups excluding carboxylic acids is 1. The number of halogens is 4. The molecule has 0 atom stereocenters. The molecule has 1 fully saturated rings. The van der Waals surface area contributed by atoms with Gasteiger partial charge in [0.25, 0.3) is 0 Å². The average molecular weight is 394 g/mol. The molecule has 1 saturated heterocycles. The van der Waals surface area contributed by atoms with Gasteiger partial charge in [-0.25, -0.2) is 0 Å². The first-order chi connectivity index (χ1) is 10.5.